The van der Waals surface area contributed by atoms with E-state index in [2.05, 4.69) is 30.2 Å². The fourth-order valence-corrected chi connectivity index (χ4v) is 5.39. The standard InChI is InChI=1S/C34H36Cl2N2O5/c1-4-6-17-37-29(39)19-42-24-13-14-26-23(18-24)12-11-22-9-7-8-10-25(22)33(26)38-30(40)20-43-28-16-15-27(31(35)32(28)36)34(41)21(3)5-2/h7-10,13-16,18,33H,3-6,11-12,17,19-20H2,1-2H3,(H,37,39)(H,38,40). The van der Waals surface area contributed by atoms with Gasteiger partial charge < -0.3 is 20.1 Å². The van der Waals surface area contributed by atoms with Crippen molar-refractivity contribution in [2.45, 2.75) is 52.0 Å². The number of amides is 2. The SMILES string of the molecule is C=C(CC)C(=O)c1ccc(OCC(=O)NC2c3ccccc3CCc3cc(OCC(=O)NCCCC)ccc32)c(Cl)c1Cl. The van der Waals surface area contributed by atoms with Crippen LogP contribution in [0.25, 0.3) is 0 Å². The van der Waals surface area contributed by atoms with E-state index in [1.54, 1.807) is 0 Å². The van der Waals surface area contributed by atoms with E-state index >= 15 is 0 Å². The number of ether oxygens (including phenoxy) is 2. The number of carbonyl (C=O) groups is 3. The third kappa shape index (κ3) is 7.98. The van der Waals surface area contributed by atoms with Gasteiger partial charge in [-0.05, 0) is 77.8 Å². The molecular formula is C34H36Cl2N2O5. The van der Waals surface area contributed by atoms with Crippen LogP contribution >= 0.6 is 23.2 Å². The Balaban J connectivity index is 1.48. The number of hydrogen-bond acceptors (Lipinski definition) is 5. The van der Waals surface area contributed by atoms with Crippen molar-refractivity contribution in [3.05, 3.63) is 105 Å². The second-order valence-corrected chi connectivity index (χ2v) is 11.1. The van der Waals surface area contributed by atoms with Crippen molar-refractivity contribution >= 4 is 40.8 Å². The largest absolute Gasteiger partial charge is 0.484 e. The number of carbonyl (C=O) groups excluding carboxylic acids is 3. The zero-order chi connectivity index (χ0) is 30.9. The third-order valence-corrected chi connectivity index (χ3v) is 8.25. The highest BCUT2D eigenvalue weighted by molar-refractivity contribution is 6.45. The predicted octanol–water partition coefficient (Wildman–Crippen LogP) is 6.82. The highest BCUT2D eigenvalue weighted by Gasteiger charge is 2.26. The Morgan fingerprint density at radius 1 is 0.884 bits per heavy atom. The van der Waals surface area contributed by atoms with Gasteiger partial charge in [0.05, 0.1) is 11.1 Å². The molecule has 1 aliphatic rings. The summed E-state index contributed by atoms with van der Waals surface area (Å²) < 4.78 is 11.5. The Labute approximate surface area is 262 Å². The number of benzene rings is 3. The van der Waals surface area contributed by atoms with Crippen molar-refractivity contribution < 1.29 is 23.9 Å². The molecule has 3 aromatic carbocycles. The molecule has 0 bridgehead atoms. The lowest BCUT2D eigenvalue weighted by molar-refractivity contribution is -0.124. The van der Waals surface area contributed by atoms with Gasteiger partial charge in [0.25, 0.3) is 11.8 Å². The summed E-state index contributed by atoms with van der Waals surface area (Å²) in [6, 6.07) is 16.3. The van der Waals surface area contributed by atoms with Gasteiger partial charge in [0.2, 0.25) is 0 Å². The van der Waals surface area contributed by atoms with Gasteiger partial charge in [-0.3, -0.25) is 14.4 Å². The molecule has 0 fully saturated rings. The van der Waals surface area contributed by atoms with Crippen molar-refractivity contribution in [3.63, 3.8) is 0 Å². The molecule has 1 atom stereocenters. The van der Waals surface area contributed by atoms with Crippen LogP contribution in [0.3, 0.4) is 0 Å². The number of aryl methyl sites for hydroxylation is 2. The number of ketones is 1. The van der Waals surface area contributed by atoms with E-state index in [9.17, 15) is 14.4 Å². The zero-order valence-corrected chi connectivity index (χ0v) is 25.9. The van der Waals surface area contributed by atoms with Crippen LogP contribution in [0, 0.1) is 0 Å². The summed E-state index contributed by atoms with van der Waals surface area (Å²) in [5.41, 5.74) is 4.75. The second-order valence-electron chi connectivity index (χ2n) is 10.4. The highest BCUT2D eigenvalue weighted by atomic mass is 35.5. The van der Waals surface area contributed by atoms with Crippen LogP contribution in [-0.4, -0.2) is 37.4 Å². The van der Waals surface area contributed by atoms with E-state index in [1.807, 2.05) is 43.3 Å². The third-order valence-electron chi connectivity index (χ3n) is 7.38. The summed E-state index contributed by atoms with van der Waals surface area (Å²) in [5, 5.41) is 6.08. The van der Waals surface area contributed by atoms with Gasteiger partial charge in [0, 0.05) is 12.1 Å². The number of hydrogen-bond donors (Lipinski definition) is 2. The van der Waals surface area contributed by atoms with Crippen molar-refractivity contribution in [2.75, 3.05) is 19.8 Å². The topological polar surface area (TPSA) is 93.7 Å². The first-order valence-electron chi connectivity index (χ1n) is 14.5. The highest BCUT2D eigenvalue weighted by Crippen LogP contribution is 2.37. The van der Waals surface area contributed by atoms with Gasteiger partial charge in [-0.1, -0.05) is 80.4 Å². The molecule has 0 radical (unpaired) electrons. The van der Waals surface area contributed by atoms with E-state index in [-0.39, 0.29) is 52.2 Å². The molecule has 0 aromatic heterocycles. The Bertz CT molecular complexity index is 1520. The maximum atomic E-state index is 13.2. The van der Waals surface area contributed by atoms with Crippen LogP contribution < -0.4 is 20.1 Å². The van der Waals surface area contributed by atoms with E-state index < -0.39 is 6.04 Å². The second kappa shape index (κ2) is 15.1. The molecule has 1 unspecified atom stereocenters. The van der Waals surface area contributed by atoms with Crippen LogP contribution in [0.4, 0.5) is 0 Å². The average Bonchev–Trinajstić information content (AvgIpc) is 3.16. The average molecular weight is 624 g/mol. The molecule has 43 heavy (non-hydrogen) atoms. The number of fused-ring (bicyclic) bond motifs is 2. The molecule has 4 rings (SSSR count). The van der Waals surface area contributed by atoms with E-state index in [0.717, 1.165) is 47.9 Å². The molecule has 1 aliphatic carbocycles. The number of unbranched alkanes of at least 4 members (excludes halogenated alkanes) is 1. The lowest BCUT2D eigenvalue weighted by Crippen LogP contribution is -2.33. The molecule has 7 nitrogen and oxygen atoms in total. The van der Waals surface area contributed by atoms with Crippen LogP contribution in [0.1, 0.15) is 71.8 Å². The molecular weight excluding hydrogens is 587 g/mol. The molecule has 3 aromatic rings. The first-order chi connectivity index (χ1) is 20.7. The van der Waals surface area contributed by atoms with Crippen molar-refractivity contribution in [2.24, 2.45) is 0 Å². The fraction of sp³-hybridized carbons (Fsp3) is 0.324. The Hall–Kier alpha value is -3.81. The minimum absolute atomic E-state index is 0.0564. The fourth-order valence-electron chi connectivity index (χ4n) is 4.93. The quantitative estimate of drug-likeness (QED) is 0.124. The minimum atomic E-state index is -0.421. The summed E-state index contributed by atoms with van der Waals surface area (Å²) in [7, 11) is 0. The van der Waals surface area contributed by atoms with Gasteiger partial charge in [-0.25, -0.2) is 0 Å². The molecule has 2 amide bonds. The normalized spacial score (nSPS) is 13.6. The maximum absolute atomic E-state index is 13.2. The monoisotopic (exact) mass is 622 g/mol. The van der Waals surface area contributed by atoms with Gasteiger partial charge >= 0.3 is 0 Å². The van der Waals surface area contributed by atoms with Crippen LogP contribution in [0.5, 0.6) is 11.5 Å². The molecule has 9 heteroatoms. The number of rotatable bonds is 13. The van der Waals surface area contributed by atoms with E-state index in [1.165, 1.54) is 12.1 Å². The smallest absolute Gasteiger partial charge is 0.258 e. The Kier molecular flexibility index (Phi) is 11.3. The summed E-state index contributed by atoms with van der Waals surface area (Å²) in [5.74, 6) is -0.00557. The lowest BCUT2D eigenvalue weighted by Gasteiger charge is -2.22. The van der Waals surface area contributed by atoms with E-state index in [0.29, 0.717) is 24.3 Å². The Morgan fingerprint density at radius 3 is 2.37 bits per heavy atom. The summed E-state index contributed by atoms with van der Waals surface area (Å²) >= 11 is 12.8. The van der Waals surface area contributed by atoms with Crippen molar-refractivity contribution in [3.8, 4) is 11.5 Å². The van der Waals surface area contributed by atoms with Gasteiger partial charge in [-0.15, -0.1) is 0 Å². The molecule has 0 saturated carbocycles. The lowest BCUT2D eigenvalue weighted by atomic mass is 9.94. The van der Waals surface area contributed by atoms with E-state index in [4.69, 9.17) is 32.7 Å². The Morgan fingerprint density at radius 2 is 1.60 bits per heavy atom. The zero-order valence-electron chi connectivity index (χ0n) is 24.4. The number of halogens is 2. The molecule has 226 valence electrons. The van der Waals surface area contributed by atoms with Gasteiger partial charge in [-0.2, -0.15) is 0 Å². The van der Waals surface area contributed by atoms with Crippen molar-refractivity contribution in [1.29, 1.82) is 0 Å². The summed E-state index contributed by atoms with van der Waals surface area (Å²) in [6.07, 6.45) is 3.96. The van der Waals surface area contributed by atoms with Crippen molar-refractivity contribution in [1.82, 2.24) is 10.6 Å². The first-order valence-corrected chi connectivity index (χ1v) is 15.2. The predicted molar refractivity (Wildman–Crippen MR) is 169 cm³/mol. The molecule has 0 aliphatic heterocycles. The number of nitrogens with one attached hydrogen (secondary N) is 2. The van der Waals surface area contributed by atoms with Gasteiger partial charge in [0.1, 0.15) is 16.5 Å². The maximum Gasteiger partial charge on any atom is 0.258 e. The number of allylic oxidation sites excluding steroid dienone is 1. The minimum Gasteiger partial charge on any atom is -0.484 e. The molecule has 0 spiro atoms. The van der Waals surface area contributed by atoms with Crippen LogP contribution in [0.15, 0.2) is 66.7 Å². The van der Waals surface area contributed by atoms with Crippen LogP contribution in [-0.2, 0) is 22.4 Å². The molecule has 0 saturated heterocycles. The van der Waals surface area contributed by atoms with Gasteiger partial charge in [0.15, 0.2) is 19.0 Å². The number of Topliss-reactive ketones (excluding diaryl/α,β-unsaturated/α-hetero) is 1. The molecule has 2 N–H and O–H groups in total. The van der Waals surface area contributed by atoms with Crippen LogP contribution in [0.2, 0.25) is 10.0 Å². The molecule has 0 heterocycles. The first kappa shape index (κ1) is 32.1. The summed E-state index contributed by atoms with van der Waals surface area (Å²) in [6.45, 7) is 7.93. The summed E-state index contributed by atoms with van der Waals surface area (Å²) in [4.78, 5) is 37.9.